The van der Waals surface area contributed by atoms with Crippen LogP contribution in [0.25, 0.3) is 0 Å². The van der Waals surface area contributed by atoms with Gasteiger partial charge in [-0.2, -0.15) is 13.2 Å². The SMILES string of the molecule is O=C(CC1CCCNC1)N1CCC(C(=O)O)(C(F)(F)F)C1. The number of carboxylic acids is 1. The van der Waals surface area contributed by atoms with E-state index in [-0.39, 0.29) is 24.8 Å². The summed E-state index contributed by atoms with van der Waals surface area (Å²) in [6, 6.07) is 0. The van der Waals surface area contributed by atoms with E-state index in [4.69, 9.17) is 5.11 Å². The summed E-state index contributed by atoms with van der Waals surface area (Å²) < 4.78 is 39.1. The van der Waals surface area contributed by atoms with E-state index >= 15 is 0 Å². The Balaban J connectivity index is 2.00. The summed E-state index contributed by atoms with van der Waals surface area (Å²) >= 11 is 0. The minimum Gasteiger partial charge on any atom is -0.481 e. The van der Waals surface area contributed by atoms with Crippen LogP contribution >= 0.6 is 0 Å². The van der Waals surface area contributed by atoms with Gasteiger partial charge in [0.2, 0.25) is 5.91 Å². The Hall–Kier alpha value is -1.31. The minimum absolute atomic E-state index is 0.122. The minimum atomic E-state index is -4.85. The van der Waals surface area contributed by atoms with Crippen molar-refractivity contribution < 1.29 is 27.9 Å². The molecule has 21 heavy (non-hydrogen) atoms. The summed E-state index contributed by atoms with van der Waals surface area (Å²) in [6.45, 7) is 0.656. The average Bonchev–Trinajstić information content (AvgIpc) is 2.86. The van der Waals surface area contributed by atoms with Crippen molar-refractivity contribution in [1.82, 2.24) is 10.2 Å². The summed E-state index contributed by atoms with van der Waals surface area (Å²) in [5.74, 6) is -2.15. The number of nitrogens with zero attached hydrogens (tertiary/aromatic N) is 1. The third kappa shape index (κ3) is 3.14. The van der Waals surface area contributed by atoms with Crippen LogP contribution in [0.2, 0.25) is 0 Å². The van der Waals surface area contributed by atoms with Crippen LogP contribution < -0.4 is 5.32 Å². The number of rotatable bonds is 3. The standard InChI is InChI=1S/C13H19F3N2O3/c14-13(15,16)12(11(20)21)3-5-18(8-12)10(19)6-9-2-1-4-17-7-9/h9,17H,1-8H2,(H,20,21). The van der Waals surface area contributed by atoms with Gasteiger partial charge in [0.1, 0.15) is 0 Å². The predicted octanol–water partition coefficient (Wildman–Crippen LogP) is 1.24. The number of carbonyl (C=O) groups excluding carboxylic acids is 1. The van der Waals surface area contributed by atoms with Crippen LogP contribution in [0.3, 0.4) is 0 Å². The third-order valence-corrected chi connectivity index (χ3v) is 4.44. The Bertz CT molecular complexity index is 421. The normalized spacial score (nSPS) is 30.4. The van der Waals surface area contributed by atoms with Crippen LogP contribution in [0.5, 0.6) is 0 Å². The van der Waals surface area contributed by atoms with Gasteiger partial charge in [0, 0.05) is 19.5 Å². The summed E-state index contributed by atoms with van der Waals surface area (Å²) in [6.07, 6.45) is -3.42. The number of carboxylic acid groups (broad SMARTS) is 1. The highest BCUT2D eigenvalue weighted by Gasteiger charge is 2.64. The monoisotopic (exact) mass is 308 g/mol. The van der Waals surface area contributed by atoms with Gasteiger partial charge in [0.25, 0.3) is 0 Å². The van der Waals surface area contributed by atoms with E-state index in [0.29, 0.717) is 6.54 Å². The van der Waals surface area contributed by atoms with E-state index in [2.05, 4.69) is 5.32 Å². The maximum Gasteiger partial charge on any atom is 0.406 e. The Morgan fingerprint density at radius 3 is 2.57 bits per heavy atom. The van der Waals surface area contributed by atoms with Crippen LogP contribution in [-0.2, 0) is 9.59 Å². The number of alkyl halides is 3. The van der Waals surface area contributed by atoms with Crippen LogP contribution in [0.1, 0.15) is 25.7 Å². The van der Waals surface area contributed by atoms with Gasteiger partial charge < -0.3 is 15.3 Å². The van der Waals surface area contributed by atoms with E-state index in [9.17, 15) is 22.8 Å². The quantitative estimate of drug-likeness (QED) is 0.823. The summed E-state index contributed by atoms with van der Waals surface area (Å²) in [5, 5.41) is 12.1. The van der Waals surface area contributed by atoms with Gasteiger partial charge in [0.05, 0.1) is 0 Å². The fourth-order valence-electron chi connectivity index (χ4n) is 3.02. The van der Waals surface area contributed by atoms with Crippen molar-refractivity contribution >= 4 is 11.9 Å². The van der Waals surface area contributed by atoms with E-state index in [1.165, 1.54) is 0 Å². The largest absolute Gasteiger partial charge is 0.481 e. The number of piperidine rings is 1. The molecule has 2 unspecified atom stereocenters. The number of aliphatic carboxylic acids is 1. The second-order valence-electron chi connectivity index (χ2n) is 5.87. The number of nitrogens with one attached hydrogen (secondary N) is 1. The highest BCUT2D eigenvalue weighted by molar-refractivity contribution is 5.81. The van der Waals surface area contributed by atoms with E-state index in [0.717, 1.165) is 24.3 Å². The molecular formula is C13H19F3N2O3. The molecule has 2 fully saturated rings. The number of carbonyl (C=O) groups is 2. The Kier molecular flexibility index (Phi) is 4.46. The predicted molar refractivity (Wildman–Crippen MR) is 67.5 cm³/mol. The lowest BCUT2D eigenvalue weighted by Crippen LogP contribution is -2.48. The number of hydrogen-bond acceptors (Lipinski definition) is 3. The molecule has 0 bridgehead atoms. The smallest absolute Gasteiger partial charge is 0.406 e. The molecule has 0 radical (unpaired) electrons. The van der Waals surface area contributed by atoms with Crippen LogP contribution in [-0.4, -0.2) is 54.2 Å². The first-order chi connectivity index (χ1) is 9.76. The summed E-state index contributed by atoms with van der Waals surface area (Å²) in [7, 11) is 0. The molecule has 0 aliphatic carbocycles. The Morgan fingerprint density at radius 2 is 2.10 bits per heavy atom. The second kappa shape index (κ2) is 5.82. The zero-order chi connectivity index (χ0) is 15.7. The third-order valence-electron chi connectivity index (χ3n) is 4.44. The van der Waals surface area contributed by atoms with Gasteiger partial charge >= 0.3 is 12.1 Å². The molecule has 0 saturated carbocycles. The number of hydrogen-bond donors (Lipinski definition) is 2. The van der Waals surface area contributed by atoms with Crippen LogP contribution in [0.4, 0.5) is 13.2 Å². The first kappa shape index (κ1) is 16.1. The summed E-state index contributed by atoms with van der Waals surface area (Å²) in [5.41, 5.74) is -2.81. The van der Waals surface area contributed by atoms with Crippen molar-refractivity contribution in [1.29, 1.82) is 0 Å². The van der Waals surface area contributed by atoms with Gasteiger partial charge in [-0.15, -0.1) is 0 Å². The molecule has 0 aromatic heterocycles. The topological polar surface area (TPSA) is 69.6 Å². The molecule has 2 rings (SSSR count). The Labute approximate surface area is 120 Å². The second-order valence-corrected chi connectivity index (χ2v) is 5.87. The number of amides is 1. The number of likely N-dealkylation sites (tertiary alicyclic amines) is 1. The highest BCUT2D eigenvalue weighted by atomic mass is 19.4. The molecule has 2 N–H and O–H groups in total. The maximum absolute atomic E-state index is 13.0. The molecule has 2 saturated heterocycles. The van der Waals surface area contributed by atoms with Crippen molar-refractivity contribution in [2.45, 2.75) is 31.9 Å². The Morgan fingerprint density at radius 1 is 1.38 bits per heavy atom. The van der Waals surface area contributed by atoms with Crippen LogP contribution in [0.15, 0.2) is 0 Å². The molecular weight excluding hydrogens is 289 g/mol. The average molecular weight is 308 g/mol. The van der Waals surface area contributed by atoms with Gasteiger partial charge in [-0.1, -0.05) is 0 Å². The zero-order valence-corrected chi connectivity index (χ0v) is 11.6. The van der Waals surface area contributed by atoms with Gasteiger partial charge in [-0.25, -0.2) is 0 Å². The molecule has 120 valence electrons. The van der Waals surface area contributed by atoms with Gasteiger partial charge in [-0.05, 0) is 38.3 Å². The van der Waals surface area contributed by atoms with E-state index in [1.54, 1.807) is 0 Å². The lowest BCUT2D eigenvalue weighted by Gasteiger charge is -2.28. The van der Waals surface area contributed by atoms with Gasteiger partial charge in [-0.3, -0.25) is 9.59 Å². The lowest BCUT2D eigenvalue weighted by molar-refractivity contribution is -0.227. The zero-order valence-electron chi connectivity index (χ0n) is 11.6. The van der Waals surface area contributed by atoms with Crippen molar-refractivity contribution in [2.75, 3.05) is 26.2 Å². The van der Waals surface area contributed by atoms with E-state index in [1.807, 2.05) is 0 Å². The molecule has 2 atom stereocenters. The molecule has 0 aromatic rings. The van der Waals surface area contributed by atoms with Crippen LogP contribution in [0, 0.1) is 11.3 Å². The van der Waals surface area contributed by atoms with Crippen molar-refractivity contribution in [3.63, 3.8) is 0 Å². The molecule has 2 heterocycles. The molecule has 2 aliphatic heterocycles. The molecule has 0 spiro atoms. The first-order valence-corrected chi connectivity index (χ1v) is 7.05. The fraction of sp³-hybridized carbons (Fsp3) is 0.846. The lowest BCUT2D eigenvalue weighted by atomic mass is 9.86. The molecule has 2 aliphatic rings. The molecule has 5 nitrogen and oxygen atoms in total. The van der Waals surface area contributed by atoms with E-state index < -0.39 is 30.5 Å². The molecule has 8 heteroatoms. The van der Waals surface area contributed by atoms with Gasteiger partial charge in [0.15, 0.2) is 5.41 Å². The highest BCUT2D eigenvalue weighted by Crippen LogP contribution is 2.45. The molecule has 0 aromatic carbocycles. The summed E-state index contributed by atoms with van der Waals surface area (Å²) in [4.78, 5) is 24.2. The maximum atomic E-state index is 13.0. The van der Waals surface area contributed by atoms with Crippen molar-refractivity contribution in [2.24, 2.45) is 11.3 Å². The van der Waals surface area contributed by atoms with Crippen molar-refractivity contribution in [3.05, 3.63) is 0 Å². The molecule has 1 amide bonds. The fourth-order valence-corrected chi connectivity index (χ4v) is 3.02. The number of halogens is 3. The first-order valence-electron chi connectivity index (χ1n) is 7.05. The van der Waals surface area contributed by atoms with Crippen molar-refractivity contribution in [3.8, 4) is 0 Å².